The summed E-state index contributed by atoms with van der Waals surface area (Å²) in [6, 6.07) is 86.0. The summed E-state index contributed by atoms with van der Waals surface area (Å²) in [4.78, 5) is 53.0. The lowest BCUT2D eigenvalue weighted by Crippen LogP contribution is -2.04. The molecule has 24 nitrogen and oxygen atoms in total. The van der Waals surface area contributed by atoms with Crippen LogP contribution in [0.3, 0.4) is 0 Å². The number of fused-ring (bicyclic) bond motifs is 5. The van der Waals surface area contributed by atoms with E-state index < -0.39 is 0 Å². The molecule has 0 aliphatic rings. The number of benzene rings is 7. The summed E-state index contributed by atoms with van der Waals surface area (Å²) in [6.45, 7) is 0. The molecule has 24 heteroatoms. The van der Waals surface area contributed by atoms with Gasteiger partial charge in [-0.05, 0) is 89.2 Å². The Morgan fingerprint density at radius 3 is 0.946 bits per heavy atom. The van der Waals surface area contributed by atoms with E-state index in [1.54, 1.807) is 86.7 Å². The molecule has 7 aromatic carbocycles. The predicted octanol–water partition coefficient (Wildman–Crippen LogP) is 12.3. The zero-order chi connectivity index (χ0) is 74.8. The standard InChI is InChI=1S/C25H16N6.C22H15N5.C21H14N6.C20H13N7/c1-2-8-18(9-3-1)23-21(15-19-11-6-10-17-7-4-5-12-20(17)19)25-28-24(30-31(25)29-23)22-16-26-13-14-27-22;1-3-9-16(10-4-1)20-19(15-18-13-7-8-14-23-18)22-24-21(26-27(22)25-20)17-11-5-2-6-12-17;1-2-7-15(8-3-1)19-18(13-17-10-4-5-12-23-17)21-24-20(26-27(21)25-19)16-9-6-11-22-14-16;1-2-6-14(7-3-1)18-16(12-15-8-4-5-9-22-15)20-24-19(26-27(20)25-18)17-13-21-10-11-23-17/h1-16H;1-15H;1-14H;1-13H/b21-15-;19-15-;18-13-;16-12-. The van der Waals surface area contributed by atoms with E-state index in [1.165, 1.54) is 10.8 Å². The highest BCUT2D eigenvalue weighted by molar-refractivity contribution is 5.91. The van der Waals surface area contributed by atoms with Gasteiger partial charge in [-0.3, -0.25) is 29.9 Å². The molecule has 0 atom stereocenters. The number of rotatable bonds is 12. The quantitative estimate of drug-likeness (QED) is 0.110. The minimum Gasteiger partial charge on any atom is -0.264 e. The van der Waals surface area contributed by atoms with Gasteiger partial charge in [-0.1, -0.05) is 212 Å². The smallest absolute Gasteiger partial charge is 0.204 e. The molecule has 0 aliphatic heterocycles. The van der Waals surface area contributed by atoms with E-state index in [-0.39, 0.29) is 0 Å². The van der Waals surface area contributed by atoms with Gasteiger partial charge in [0.05, 0.1) is 45.1 Å². The molecule has 112 heavy (non-hydrogen) atoms. The van der Waals surface area contributed by atoms with Crippen LogP contribution in [0, 0.1) is 0 Å². The first-order valence-electron chi connectivity index (χ1n) is 35.6. The molecule has 0 bridgehead atoms. The Morgan fingerprint density at radius 1 is 0.223 bits per heavy atom. The van der Waals surface area contributed by atoms with Crippen LogP contribution in [0.2, 0.25) is 0 Å². The fourth-order valence-electron chi connectivity index (χ4n) is 12.7. The maximum Gasteiger partial charge on any atom is 0.204 e. The van der Waals surface area contributed by atoms with Crippen molar-refractivity contribution in [2.75, 3.05) is 0 Å². The van der Waals surface area contributed by atoms with Gasteiger partial charge in [0.15, 0.2) is 34.2 Å². The van der Waals surface area contributed by atoms with Crippen LogP contribution in [0.5, 0.6) is 0 Å². The monoisotopic (exact) mass is 1450 g/mol. The molecular formula is C88H58N24. The highest BCUT2D eigenvalue weighted by Crippen LogP contribution is 2.25. The fourth-order valence-corrected chi connectivity index (χ4v) is 12.7. The zero-order valence-corrected chi connectivity index (χ0v) is 59.2. The first kappa shape index (κ1) is 67.6. The first-order valence-corrected chi connectivity index (χ1v) is 35.6. The zero-order valence-electron chi connectivity index (χ0n) is 59.2. The molecule has 0 aliphatic carbocycles. The predicted molar refractivity (Wildman–Crippen MR) is 427 cm³/mol. The van der Waals surface area contributed by atoms with Crippen LogP contribution in [0.25, 0.3) is 149 Å². The third kappa shape index (κ3) is 14.4. The molecule has 0 radical (unpaired) electrons. The average Bonchev–Trinajstić information content (AvgIpc) is 1.65. The van der Waals surface area contributed by atoms with Crippen LogP contribution in [0.15, 0.2) is 329 Å². The van der Waals surface area contributed by atoms with Gasteiger partial charge in [0, 0.05) is 94.4 Å². The minimum absolute atomic E-state index is 0.487. The second-order valence-electron chi connectivity index (χ2n) is 25.2. The van der Waals surface area contributed by atoms with Crippen LogP contribution < -0.4 is 20.9 Å². The van der Waals surface area contributed by atoms with Gasteiger partial charge in [0.25, 0.3) is 0 Å². The van der Waals surface area contributed by atoms with Crippen molar-refractivity contribution < 1.29 is 0 Å². The van der Waals surface area contributed by atoms with E-state index >= 15 is 0 Å². The van der Waals surface area contributed by atoms with Gasteiger partial charge in [-0.25, -0.2) is 29.9 Å². The molecule has 0 N–H and O–H groups in total. The fraction of sp³-hybridized carbons (Fsp3) is 0. The van der Waals surface area contributed by atoms with Gasteiger partial charge in [0.2, 0.25) is 11.6 Å². The summed E-state index contributed by atoms with van der Waals surface area (Å²) in [6.07, 6.45) is 26.7. The van der Waals surface area contributed by atoms with Crippen molar-refractivity contribution in [3.63, 3.8) is 0 Å². The first-order chi connectivity index (χ1) is 55.5. The molecule has 0 saturated heterocycles. The maximum absolute atomic E-state index is 4.77. The minimum atomic E-state index is 0.487. The lowest BCUT2D eigenvalue weighted by Gasteiger charge is -2.02. The summed E-state index contributed by atoms with van der Waals surface area (Å²) in [5.41, 5.74) is 16.8. The lowest BCUT2D eigenvalue weighted by atomic mass is 10.0. The van der Waals surface area contributed by atoms with E-state index in [0.717, 1.165) is 105 Å². The van der Waals surface area contributed by atoms with Crippen LogP contribution in [0.4, 0.5) is 0 Å². The number of hydrogen-bond donors (Lipinski definition) is 0. The van der Waals surface area contributed by atoms with Crippen molar-refractivity contribution in [2.24, 2.45) is 0 Å². The second-order valence-corrected chi connectivity index (χ2v) is 25.2. The van der Waals surface area contributed by atoms with Crippen molar-refractivity contribution in [1.82, 2.24) is 119 Å². The van der Waals surface area contributed by atoms with E-state index in [0.29, 0.717) is 51.6 Å². The Bertz CT molecular complexity index is 6530. The average molecular weight is 1450 g/mol. The molecule has 14 aromatic heterocycles. The Kier molecular flexibility index (Phi) is 18.8. The lowest BCUT2D eigenvalue weighted by molar-refractivity contribution is 0.826. The molecular weight excluding hydrogens is 1390 g/mol. The van der Waals surface area contributed by atoms with Crippen molar-refractivity contribution in [1.29, 1.82) is 0 Å². The summed E-state index contributed by atoms with van der Waals surface area (Å²) >= 11 is 0. The molecule has 0 unspecified atom stereocenters. The molecule has 21 aromatic rings. The number of pyridine rings is 4. The summed E-state index contributed by atoms with van der Waals surface area (Å²) in [7, 11) is 0. The van der Waals surface area contributed by atoms with Gasteiger partial charge in [-0.15, -0.1) is 59.3 Å². The normalized spacial score (nSPS) is 12.0. The molecule has 21 rings (SSSR count). The summed E-state index contributed by atoms with van der Waals surface area (Å²) in [5, 5.41) is 43.0. The van der Waals surface area contributed by atoms with Crippen LogP contribution in [-0.4, -0.2) is 119 Å². The number of hydrogen-bond acceptors (Lipinski definition) is 20. The van der Waals surface area contributed by atoms with Crippen LogP contribution in [-0.2, 0) is 0 Å². The van der Waals surface area contributed by atoms with Gasteiger partial charge >= 0.3 is 0 Å². The van der Waals surface area contributed by atoms with Crippen molar-refractivity contribution in [3.8, 4) is 90.8 Å². The summed E-state index contributed by atoms with van der Waals surface area (Å²) < 4.78 is 6.32. The third-order valence-corrected chi connectivity index (χ3v) is 17.9. The van der Waals surface area contributed by atoms with E-state index in [4.69, 9.17) is 25.1 Å². The molecule has 0 spiro atoms. The largest absolute Gasteiger partial charge is 0.264 e. The second kappa shape index (κ2) is 31.1. The van der Waals surface area contributed by atoms with Gasteiger partial charge in [0.1, 0.15) is 34.2 Å². The van der Waals surface area contributed by atoms with Gasteiger partial charge in [-0.2, -0.15) is 0 Å². The molecule has 0 amide bonds. The van der Waals surface area contributed by atoms with E-state index in [1.807, 2.05) is 237 Å². The maximum atomic E-state index is 4.77. The molecule has 0 saturated carbocycles. The van der Waals surface area contributed by atoms with Crippen LogP contribution in [0.1, 0.15) is 22.6 Å². The Labute approximate surface area is 636 Å². The Hall–Kier alpha value is -16.2. The summed E-state index contributed by atoms with van der Waals surface area (Å²) in [5.74, 6) is 2.25. The molecule has 14 heterocycles. The molecule has 530 valence electrons. The number of nitrogens with zero attached hydrogens (tertiary/aromatic N) is 24. The molecule has 0 fully saturated rings. The van der Waals surface area contributed by atoms with Gasteiger partial charge < -0.3 is 0 Å². The number of aromatic nitrogens is 24. The topological polar surface area (TPSA) is 275 Å². The van der Waals surface area contributed by atoms with E-state index in [9.17, 15) is 0 Å². The SMILES string of the molecule is C(/c1cccc2ccccc12)=c1\c(-c2ccccc2)nn2nc(-c3cnccn3)nc12.C(/c1ccccn1)=c1\c(-c2ccccc2)nn2nc(-c3ccccc3)nc12.C(/c1ccccn1)=c1\c(-c2ccccc2)nn2nc(-c3cccnc3)nc12.C(/c1ccccn1)=c1\c(-c2ccccc2)nn2nc(-c3cnccn3)nc12. The Morgan fingerprint density at radius 2 is 0.562 bits per heavy atom. The third-order valence-electron chi connectivity index (χ3n) is 17.9. The Balaban J connectivity index is 0.000000104. The van der Waals surface area contributed by atoms with Crippen molar-refractivity contribution in [3.05, 3.63) is 373 Å². The van der Waals surface area contributed by atoms with Crippen LogP contribution >= 0.6 is 0 Å². The van der Waals surface area contributed by atoms with Crippen molar-refractivity contribution >= 4 is 57.7 Å². The highest BCUT2D eigenvalue weighted by atomic mass is 15.5. The van der Waals surface area contributed by atoms with Crippen molar-refractivity contribution in [2.45, 2.75) is 0 Å². The van der Waals surface area contributed by atoms with E-state index in [2.05, 4.69) is 124 Å². The highest BCUT2D eigenvalue weighted by Gasteiger charge is 2.21.